The quantitative estimate of drug-likeness (QED) is 0.377. The first-order chi connectivity index (χ1) is 10.1. The van der Waals surface area contributed by atoms with Crippen LogP contribution in [0.1, 0.15) is 39.0 Å². The van der Waals surface area contributed by atoms with Crippen molar-refractivity contribution in [1.82, 2.24) is 15.5 Å². The summed E-state index contributed by atoms with van der Waals surface area (Å²) in [6, 6.07) is 0.466. The van der Waals surface area contributed by atoms with Crippen LogP contribution in [0.2, 0.25) is 0 Å². The molecule has 1 fully saturated rings. The highest BCUT2D eigenvalue weighted by atomic mass is 127. The number of guanidine groups is 1. The molecule has 0 spiro atoms. The lowest BCUT2D eigenvalue weighted by atomic mass is 9.95. The summed E-state index contributed by atoms with van der Waals surface area (Å²) in [7, 11) is 3.52. The summed E-state index contributed by atoms with van der Waals surface area (Å²) in [6.07, 6.45) is 8.17. The number of halogens is 1. The van der Waals surface area contributed by atoms with Crippen molar-refractivity contribution < 1.29 is 4.79 Å². The zero-order valence-corrected chi connectivity index (χ0v) is 17.4. The second-order valence-corrected chi connectivity index (χ2v) is 6.88. The number of hydrogen-bond donors (Lipinski definition) is 2. The van der Waals surface area contributed by atoms with Crippen LogP contribution in [0.4, 0.5) is 0 Å². The predicted octanol–water partition coefficient (Wildman–Crippen LogP) is 2.31. The Morgan fingerprint density at radius 3 is 2.68 bits per heavy atom. The average Bonchev–Trinajstić information content (AvgIpc) is 2.49. The van der Waals surface area contributed by atoms with Crippen molar-refractivity contribution in [3.63, 3.8) is 0 Å². The lowest BCUT2D eigenvalue weighted by molar-refractivity contribution is -0.127. The first-order valence-electron chi connectivity index (χ1n) is 7.84. The van der Waals surface area contributed by atoms with Gasteiger partial charge in [0.2, 0.25) is 5.91 Å². The molecule has 1 amide bonds. The van der Waals surface area contributed by atoms with Crippen LogP contribution in [0, 0.1) is 0 Å². The monoisotopic (exact) mass is 442 g/mol. The summed E-state index contributed by atoms with van der Waals surface area (Å²) in [5.41, 5.74) is 0. The highest BCUT2D eigenvalue weighted by molar-refractivity contribution is 14.0. The van der Waals surface area contributed by atoms with Gasteiger partial charge in [0, 0.05) is 31.9 Å². The van der Waals surface area contributed by atoms with Crippen LogP contribution in [0.25, 0.3) is 0 Å². The Hall–Kier alpha value is -0.180. The lowest BCUT2D eigenvalue weighted by Gasteiger charge is -2.30. The largest absolute Gasteiger partial charge is 0.356 e. The normalized spacial score (nSPS) is 21.7. The maximum Gasteiger partial charge on any atom is 0.243 e. The van der Waals surface area contributed by atoms with Gasteiger partial charge in [0.1, 0.15) is 6.54 Å². The molecule has 0 aliphatic heterocycles. The summed E-state index contributed by atoms with van der Waals surface area (Å²) in [5.74, 6) is 0.803. The molecular formula is C15H31IN4OS. The molecule has 1 aliphatic carbocycles. The number of rotatable bonds is 6. The van der Waals surface area contributed by atoms with E-state index >= 15 is 0 Å². The Kier molecular flexibility index (Phi) is 12.2. The van der Waals surface area contributed by atoms with Crippen molar-refractivity contribution in [3.8, 4) is 0 Å². The van der Waals surface area contributed by atoms with Gasteiger partial charge >= 0.3 is 0 Å². The van der Waals surface area contributed by atoms with Gasteiger partial charge in [0.05, 0.1) is 0 Å². The lowest BCUT2D eigenvalue weighted by Crippen LogP contribution is -2.46. The highest BCUT2D eigenvalue weighted by Crippen LogP contribution is 2.26. The fraction of sp³-hybridized carbons (Fsp3) is 0.867. The Morgan fingerprint density at radius 2 is 2.09 bits per heavy atom. The maximum absolute atomic E-state index is 11.7. The molecule has 0 heterocycles. The number of nitrogens with one attached hydrogen (secondary N) is 2. The van der Waals surface area contributed by atoms with Gasteiger partial charge in [0.15, 0.2) is 5.96 Å². The molecule has 0 aromatic carbocycles. The molecule has 0 aromatic rings. The van der Waals surface area contributed by atoms with E-state index in [1.807, 2.05) is 11.8 Å². The molecule has 130 valence electrons. The Labute approximate surface area is 156 Å². The zero-order chi connectivity index (χ0) is 15.7. The number of carbonyl (C=O) groups is 1. The first kappa shape index (κ1) is 21.8. The predicted molar refractivity (Wildman–Crippen MR) is 107 cm³/mol. The number of likely N-dealkylation sites (N-methyl/N-ethyl adjacent to an activating group) is 1. The fourth-order valence-electron chi connectivity index (χ4n) is 2.37. The molecule has 0 bridgehead atoms. The molecule has 2 N–H and O–H groups in total. The minimum absolute atomic E-state index is 0. The third kappa shape index (κ3) is 8.45. The van der Waals surface area contributed by atoms with Gasteiger partial charge < -0.3 is 15.5 Å². The summed E-state index contributed by atoms with van der Waals surface area (Å²) in [5, 5.41) is 7.55. The number of carbonyl (C=O) groups excluding carboxylic acids is 1. The van der Waals surface area contributed by atoms with Crippen molar-refractivity contribution in [3.05, 3.63) is 0 Å². The van der Waals surface area contributed by atoms with Crippen molar-refractivity contribution in [2.75, 3.05) is 33.4 Å². The SMILES string of the molecule is CCCNC(=NCC(=O)N(C)C)NC1CCCC(SC)C1.I. The van der Waals surface area contributed by atoms with E-state index in [1.165, 1.54) is 25.7 Å². The topological polar surface area (TPSA) is 56.7 Å². The summed E-state index contributed by atoms with van der Waals surface area (Å²) >= 11 is 1.96. The smallest absolute Gasteiger partial charge is 0.243 e. The number of nitrogens with zero attached hydrogens (tertiary/aromatic N) is 2. The average molecular weight is 442 g/mol. The van der Waals surface area contributed by atoms with Gasteiger partial charge in [-0.05, 0) is 31.9 Å². The standard InChI is InChI=1S/C15H30N4OS.HI/c1-5-9-16-15(17-11-14(20)19(2)3)18-12-7-6-8-13(10-12)21-4;/h12-13H,5-11H2,1-4H3,(H2,16,17,18);1H. The molecule has 22 heavy (non-hydrogen) atoms. The molecular weight excluding hydrogens is 411 g/mol. The Bertz CT molecular complexity index is 352. The summed E-state index contributed by atoms with van der Waals surface area (Å²) < 4.78 is 0. The minimum Gasteiger partial charge on any atom is -0.356 e. The van der Waals surface area contributed by atoms with E-state index in [1.54, 1.807) is 19.0 Å². The van der Waals surface area contributed by atoms with Gasteiger partial charge in [-0.3, -0.25) is 4.79 Å². The van der Waals surface area contributed by atoms with Crippen molar-refractivity contribution in [2.24, 2.45) is 4.99 Å². The summed E-state index contributed by atoms with van der Waals surface area (Å²) in [4.78, 5) is 17.7. The van der Waals surface area contributed by atoms with Gasteiger partial charge in [-0.1, -0.05) is 13.3 Å². The van der Waals surface area contributed by atoms with Crippen LogP contribution >= 0.6 is 35.7 Å². The third-order valence-electron chi connectivity index (χ3n) is 3.71. The molecule has 2 unspecified atom stereocenters. The van der Waals surface area contributed by atoms with Gasteiger partial charge in [-0.25, -0.2) is 4.99 Å². The van der Waals surface area contributed by atoms with Gasteiger partial charge in [-0.15, -0.1) is 24.0 Å². The van der Waals surface area contributed by atoms with E-state index < -0.39 is 0 Å². The van der Waals surface area contributed by atoms with E-state index in [-0.39, 0.29) is 36.4 Å². The van der Waals surface area contributed by atoms with Crippen LogP contribution < -0.4 is 10.6 Å². The number of amides is 1. The Balaban J connectivity index is 0.00000441. The van der Waals surface area contributed by atoms with E-state index in [9.17, 15) is 4.79 Å². The van der Waals surface area contributed by atoms with Crippen LogP contribution in [0.3, 0.4) is 0 Å². The molecule has 5 nitrogen and oxygen atoms in total. The van der Waals surface area contributed by atoms with Crippen LogP contribution in [-0.4, -0.2) is 61.5 Å². The molecule has 0 aromatic heterocycles. The number of thioether (sulfide) groups is 1. The molecule has 0 radical (unpaired) electrons. The third-order valence-corrected chi connectivity index (χ3v) is 4.81. The number of aliphatic imine (C=N–C) groups is 1. The molecule has 0 saturated heterocycles. The van der Waals surface area contributed by atoms with E-state index in [4.69, 9.17) is 0 Å². The molecule has 2 atom stereocenters. The minimum atomic E-state index is 0. The van der Waals surface area contributed by atoms with E-state index in [2.05, 4.69) is 28.8 Å². The van der Waals surface area contributed by atoms with E-state index in [0.717, 1.165) is 24.2 Å². The second kappa shape index (κ2) is 12.3. The molecule has 1 saturated carbocycles. The molecule has 7 heteroatoms. The highest BCUT2D eigenvalue weighted by Gasteiger charge is 2.22. The van der Waals surface area contributed by atoms with Crippen molar-refractivity contribution in [1.29, 1.82) is 0 Å². The maximum atomic E-state index is 11.7. The van der Waals surface area contributed by atoms with Gasteiger partial charge in [0.25, 0.3) is 0 Å². The zero-order valence-electron chi connectivity index (χ0n) is 14.2. The van der Waals surface area contributed by atoms with Gasteiger partial charge in [-0.2, -0.15) is 11.8 Å². The number of hydrogen-bond acceptors (Lipinski definition) is 3. The van der Waals surface area contributed by atoms with Crippen LogP contribution in [-0.2, 0) is 4.79 Å². The first-order valence-corrected chi connectivity index (χ1v) is 9.13. The molecule has 1 rings (SSSR count). The van der Waals surface area contributed by atoms with Crippen LogP contribution in [0.5, 0.6) is 0 Å². The summed E-state index contributed by atoms with van der Waals surface area (Å²) in [6.45, 7) is 3.20. The Morgan fingerprint density at radius 1 is 1.36 bits per heavy atom. The second-order valence-electron chi connectivity index (χ2n) is 5.75. The van der Waals surface area contributed by atoms with Crippen molar-refractivity contribution >= 4 is 47.6 Å². The van der Waals surface area contributed by atoms with Crippen molar-refractivity contribution in [2.45, 2.75) is 50.3 Å². The van der Waals surface area contributed by atoms with Crippen LogP contribution in [0.15, 0.2) is 4.99 Å². The molecule has 1 aliphatic rings. The fourth-order valence-corrected chi connectivity index (χ4v) is 3.19. The van der Waals surface area contributed by atoms with E-state index in [0.29, 0.717) is 6.04 Å².